The van der Waals surface area contributed by atoms with Crippen molar-refractivity contribution in [3.8, 4) is 0 Å². The number of azo groups is 1. The van der Waals surface area contributed by atoms with E-state index in [9.17, 15) is 3.74 Å². The first kappa shape index (κ1) is 12.8. The van der Waals surface area contributed by atoms with E-state index >= 15 is 0 Å². The first-order valence-corrected chi connectivity index (χ1v) is 8.57. The van der Waals surface area contributed by atoms with E-state index in [2.05, 4.69) is 10.2 Å². The van der Waals surface area contributed by atoms with Crippen molar-refractivity contribution in [2.45, 2.75) is 0 Å². The Hall–Kier alpha value is -1.68. The van der Waals surface area contributed by atoms with E-state index in [1.165, 1.54) is 12.1 Å². The normalized spacial score (nSPS) is 11.9. The summed E-state index contributed by atoms with van der Waals surface area (Å²) < 4.78 is 29.3. The van der Waals surface area contributed by atoms with Crippen LogP contribution in [0.3, 0.4) is 0 Å². The molecule has 0 saturated heterocycles. The molecule has 2 rings (SSSR count). The molecule has 0 unspecified atom stereocenters. The molecule has 0 radical (unpaired) electrons. The van der Waals surface area contributed by atoms with Crippen LogP contribution in [0.25, 0.3) is 0 Å². The molecule has 0 aromatic heterocycles. The van der Waals surface area contributed by atoms with Crippen LogP contribution in [0.5, 0.6) is 0 Å². The minimum atomic E-state index is -4.86. The Bertz CT molecular complexity index is 608. The van der Waals surface area contributed by atoms with Gasteiger partial charge in [-0.1, -0.05) is 0 Å². The van der Waals surface area contributed by atoms with Crippen LogP contribution in [0.2, 0.25) is 0 Å². The van der Waals surface area contributed by atoms with Crippen molar-refractivity contribution in [3.05, 3.63) is 54.6 Å². The Morgan fingerprint density at radius 3 is 2.11 bits per heavy atom. The van der Waals surface area contributed by atoms with Crippen LogP contribution in [-0.4, -0.2) is 22.4 Å². The summed E-state index contributed by atoms with van der Waals surface area (Å²) in [6, 6.07) is 15.1. The third-order valence-electron chi connectivity index (χ3n) is 2.20. The fourth-order valence-electron chi connectivity index (χ4n) is 1.35. The SMILES string of the molecule is O=[As](O)(O)c1cccc(N=Nc2ccccc2)c1. The van der Waals surface area contributed by atoms with Gasteiger partial charge in [-0.05, 0) is 0 Å². The molecule has 92 valence electrons. The van der Waals surface area contributed by atoms with Crippen molar-refractivity contribution >= 4 is 29.9 Å². The van der Waals surface area contributed by atoms with E-state index in [0.29, 0.717) is 11.4 Å². The predicted molar refractivity (Wildman–Crippen MR) is 67.6 cm³/mol. The van der Waals surface area contributed by atoms with Gasteiger partial charge in [-0.25, -0.2) is 0 Å². The molecule has 2 N–H and O–H groups in total. The van der Waals surface area contributed by atoms with Crippen molar-refractivity contribution in [2.24, 2.45) is 10.2 Å². The van der Waals surface area contributed by atoms with Gasteiger partial charge in [-0.3, -0.25) is 0 Å². The van der Waals surface area contributed by atoms with Gasteiger partial charge in [0.25, 0.3) is 0 Å². The summed E-state index contributed by atoms with van der Waals surface area (Å²) >= 11 is -4.86. The van der Waals surface area contributed by atoms with Crippen molar-refractivity contribution in [2.75, 3.05) is 0 Å². The van der Waals surface area contributed by atoms with E-state index in [4.69, 9.17) is 8.19 Å². The summed E-state index contributed by atoms with van der Waals surface area (Å²) in [4.78, 5) is 0. The van der Waals surface area contributed by atoms with E-state index in [-0.39, 0.29) is 4.35 Å². The Kier molecular flexibility index (Phi) is 3.77. The zero-order chi connectivity index (χ0) is 13.0. The Balaban J connectivity index is 2.25. The van der Waals surface area contributed by atoms with Crippen molar-refractivity contribution in [1.29, 1.82) is 0 Å². The van der Waals surface area contributed by atoms with Gasteiger partial charge in [0.05, 0.1) is 0 Å². The van der Waals surface area contributed by atoms with Gasteiger partial charge in [0.15, 0.2) is 0 Å². The van der Waals surface area contributed by atoms with Gasteiger partial charge in [0.2, 0.25) is 0 Å². The van der Waals surface area contributed by atoms with Crippen LogP contribution < -0.4 is 4.35 Å². The third kappa shape index (κ3) is 3.40. The third-order valence-corrected chi connectivity index (χ3v) is 4.20. The molecule has 6 heteroatoms. The first-order valence-electron chi connectivity index (χ1n) is 5.19. The van der Waals surface area contributed by atoms with Crippen LogP contribution in [0.15, 0.2) is 64.8 Å². The number of benzene rings is 2. The average Bonchev–Trinajstić information content (AvgIpc) is 2.37. The fourth-order valence-corrected chi connectivity index (χ4v) is 2.56. The van der Waals surface area contributed by atoms with E-state index < -0.39 is 14.2 Å². The van der Waals surface area contributed by atoms with Gasteiger partial charge in [0.1, 0.15) is 0 Å². The standard InChI is InChI=1S/C12H11AsN2O3/c16-13(17,18)10-5-4-8-12(9-10)15-14-11-6-2-1-3-7-11/h1-9H,(H2,16,17,18). The molecule has 0 saturated carbocycles. The molecule has 2 aromatic rings. The van der Waals surface area contributed by atoms with Crippen LogP contribution in [-0.2, 0) is 3.74 Å². The molecule has 0 bridgehead atoms. The molecule has 0 heterocycles. The van der Waals surface area contributed by atoms with Crippen LogP contribution in [0.1, 0.15) is 0 Å². The second-order valence-electron chi connectivity index (χ2n) is 3.60. The maximum absolute atomic E-state index is 11.1. The number of hydrogen-bond acceptors (Lipinski definition) is 3. The van der Waals surface area contributed by atoms with Gasteiger partial charge in [-0.2, -0.15) is 0 Å². The predicted octanol–water partition coefficient (Wildman–Crippen LogP) is 1.66. The molecule has 0 spiro atoms. The summed E-state index contributed by atoms with van der Waals surface area (Å²) in [5, 5.41) is 7.92. The van der Waals surface area contributed by atoms with Crippen molar-refractivity contribution in [3.63, 3.8) is 0 Å². The zero-order valence-corrected chi connectivity index (χ0v) is 11.2. The van der Waals surface area contributed by atoms with Crippen LogP contribution >= 0.6 is 0 Å². The summed E-state index contributed by atoms with van der Waals surface area (Å²) in [5.74, 6) is 0. The Morgan fingerprint density at radius 2 is 1.44 bits per heavy atom. The maximum atomic E-state index is 11.1. The van der Waals surface area contributed by atoms with Crippen molar-refractivity contribution in [1.82, 2.24) is 0 Å². The topological polar surface area (TPSA) is 82.2 Å². The Morgan fingerprint density at radius 1 is 0.833 bits per heavy atom. The Labute approximate surface area is 107 Å². The van der Waals surface area contributed by atoms with E-state index in [0.717, 1.165) is 0 Å². The van der Waals surface area contributed by atoms with Gasteiger partial charge < -0.3 is 0 Å². The summed E-state index contributed by atoms with van der Waals surface area (Å²) in [5.41, 5.74) is 1.10. The summed E-state index contributed by atoms with van der Waals surface area (Å²) in [6.45, 7) is 0. The number of nitrogens with zero attached hydrogens (tertiary/aromatic N) is 2. The minimum absolute atomic E-state index is 0.00219. The summed E-state index contributed by atoms with van der Waals surface area (Å²) in [6.07, 6.45) is 0. The molecule has 5 nitrogen and oxygen atoms in total. The van der Waals surface area contributed by atoms with Crippen LogP contribution in [0, 0.1) is 0 Å². The summed E-state index contributed by atoms with van der Waals surface area (Å²) in [7, 11) is 0. The van der Waals surface area contributed by atoms with Gasteiger partial charge in [-0.15, -0.1) is 0 Å². The van der Waals surface area contributed by atoms with E-state index in [1.807, 2.05) is 18.2 Å². The fraction of sp³-hybridized carbons (Fsp3) is 0. The molecule has 0 aliphatic rings. The average molecular weight is 306 g/mol. The second kappa shape index (κ2) is 5.31. The van der Waals surface area contributed by atoms with Gasteiger partial charge in [0, 0.05) is 0 Å². The molecule has 0 amide bonds. The molecular weight excluding hydrogens is 295 g/mol. The van der Waals surface area contributed by atoms with E-state index in [1.54, 1.807) is 24.3 Å². The first-order chi connectivity index (χ1) is 8.55. The monoisotopic (exact) mass is 306 g/mol. The molecule has 0 fully saturated rings. The van der Waals surface area contributed by atoms with Gasteiger partial charge >= 0.3 is 107 Å². The van der Waals surface area contributed by atoms with Crippen molar-refractivity contribution < 1.29 is 11.9 Å². The second-order valence-corrected chi connectivity index (χ2v) is 6.97. The molecule has 0 aliphatic carbocycles. The molecule has 18 heavy (non-hydrogen) atoms. The molecule has 0 aliphatic heterocycles. The molecule has 0 atom stereocenters. The quantitative estimate of drug-likeness (QED) is 0.668. The molecular formula is C12H11AsN2O3. The molecule has 2 aromatic carbocycles. The van der Waals surface area contributed by atoms with Crippen LogP contribution in [0.4, 0.5) is 11.4 Å². The number of hydrogen-bond donors (Lipinski definition) is 2. The zero-order valence-electron chi connectivity index (χ0n) is 9.34. The number of rotatable bonds is 3.